The number of anilines is 1. The molecular formula is C11H7BrCl2FN3O3S. The van der Waals surface area contributed by atoms with E-state index in [0.717, 1.165) is 0 Å². The fourth-order valence-electron chi connectivity index (χ4n) is 1.46. The number of benzene rings is 1. The summed E-state index contributed by atoms with van der Waals surface area (Å²) in [6.07, 6.45) is 0. The second-order valence-electron chi connectivity index (χ2n) is 3.82. The number of ether oxygens (including phenoxy) is 1. The first-order valence-corrected chi connectivity index (χ1v) is 8.53. The predicted molar refractivity (Wildman–Crippen MR) is 83.5 cm³/mol. The van der Waals surface area contributed by atoms with E-state index < -0.39 is 16.0 Å². The van der Waals surface area contributed by atoms with Crippen LogP contribution in [0.3, 0.4) is 0 Å². The number of nitrogens with zero attached hydrogens (tertiary/aromatic N) is 2. The van der Waals surface area contributed by atoms with Crippen LogP contribution in [0.15, 0.2) is 27.7 Å². The third-order valence-electron chi connectivity index (χ3n) is 2.41. The highest BCUT2D eigenvalue weighted by Crippen LogP contribution is 2.31. The van der Waals surface area contributed by atoms with Gasteiger partial charge in [0.15, 0.2) is 4.60 Å². The molecule has 2 rings (SSSR count). The van der Waals surface area contributed by atoms with Crippen molar-refractivity contribution >= 4 is 55.0 Å². The molecule has 11 heteroatoms. The number of methoxy groups -OCH3 is 1. The molecule has 0 unspecified atom stereocenters. The number of hydrogen-bond donors (Lipinski definition) is 1. The minimum atomic E-state index is -4.12. The Morgan fingerprint density at radius 3 is 2.64 bits per heavy atom. The van der Waals surface area contributed by atoms with Crippen LogP contribution in [0.1, 0.15) is 0 Å². The lowest BCUT2D eigenvalue weighted by atomic mass is 10.4. The molecule has 0 amide bonds. The van der Waals surface area contributed by atoms with Gasteiger partial charge in [0, 0.05) is 0 Å². The molecule has 1 N–H and O–H groups in total. The SMILES string of the molecule is COc1nc(F)c(Br)nc1NS(=O)(=O)c1cccc(Cl)c1Cl. The summed E-state index contributed by atoms with van der Waals surface area (Å²) in [5, 5.41) is -0.0763. The molecule has 0 saturated heterocycles. The molecule has 0 aliphatic carbocycles. The standard InChI is InChI=1S/C11H7BrCl2FN3O3S/c1-21-11-10(16-8(12)9(15)17-11)18-22(19,20)6-4-2-3-5(13)7(6)14/h2-4H,1H3,(H,16,18). The Kier molecular flexibility index (Phi) is 5.10. The highest BCUT2D eigenvalue weighted by atomic mass is 79.9. The fourth-order valence-corrected chi connectivity index (χ4v) is 3.49. The van der Waals surface area contributed by atoms with E-state index in [0.29, 0.717) is 0 Å². The highest BCUT2D eigenvalue weighted by molar-refractivity contribution is 9.10. The Morgan fingerprint density at radius 2 is 2.00 bits per heavy atom. The summed E-state index contributed by atoms with van der Waals surface area (Å²) in [6.45, 7) is 0. The first-order valence-electron chi connectivity index (χ1n) is 5.50. The number of rotatable bonds is 4. The summed E-state index contributed by atoms with van der Waals surface area (Å²) in [6, 6.07) is 4.12. The smallest absolute Gasteiger partial charge is 0.264 e. The van der Waals surface area contributed by atoms with E-state index in [1.54, 1.807) is 0 Å². The molecule has 0 atom stereocenters. The Balaban J connectivity index is 2.50. The van der Waals surface area contributed by atoms with Crippen molar-refractivity contribution < 1.29 is 17.5 Å². The van der Waals surface area contributed by atoms with Crippen molar-refractivity contribution in [3.8, 4) is 5.88 Å². The van der Waals surface area contributed by atoms with Crippen LogP contribution in [-0.2, 0) is 10.0 Å². The van der Waals surface area contributed by atoms with Gasteiger partial charge < -0.3 is 4.74 Å². The molecule has 0 bridgehead atoms. The van der Waals surface area contributed by atoms with Crippen LogP contribution >= 0.6 is 39.1 Å². The molecule has 1 heterocycles. The zero-order valence-corrected chi connectivity index (χ0v) is 14.7. The predicted octanol–water partition coefficient (Wildman–Crippen LogP) is 3.49. The lowest BCUT2D eigenvalue weighted by Gasteiger charge is -2.12. The van der Waals surface area contributed by atoms with Gasteiger partial charge >= 0.3 is 0 Å². The second kappa shape index (κ2) is 6.53. The van der Waals surface area contributed by atoms with E-state index in [2.05, 4.69) is 30.6 Å². The van der Waals surface area contributed by atoms with Crippen LogP contribution in [0.5, 0.6) is 5.88 Å². The average Bonchev–Trinajstić information content (AvgIpc) is 2.45. The van der Waals surface area contributed by atoms with E-state index in [-0.39, 0.29) is 31.2 Å². The lowest BCUT2D eigenvalue weighted by Crippen LogP contribution is -2.16. The number of halogens is 4. The summed E-state index contributed by atoms with van der Waals surface area (Å²) in [7, 11) is -2.92. The zero-order valence-electron chi connectivity index (χ0n) is 10.8. The van der Waals surface area contributed by atoms with Crippen molar-refractivity contribution in [1.82, 2.24) is 9.97 Å². The maximum atomic E-state index is 13.3. The van der Waals surface area contributed by atoms with Crippen LogP contribution in [0, 0.1) is 5.95 Å². The van der Waals surface area contributed by atoms with Gasteiger partial charge in [0.2, 0.25) is 11.8 Å². The second-order valence-corrected chi connectivity index (χ2v) is 7.01. The minimum Gasteiger partial charge on any atom is -0.478 e. The molecular weight excluding hydrogens is 424 g/mol. The normalized spacial score (nSPS) is 11.3. The molecule has 0 spiro atoms. The molecule has 1 aromatic carbocycles. The Bertz CT molecular complexity index is 836. The molecule has 2 aromatic rings. The van der Waals surface area contributed by atoms with Gasteiger partial charge in [0.25, 0.3) is 15.9 Å². The minimum absolute atomic E-state index is 0.0721. The quantitative estimate of drug-likeness (QED) is 0.802. The van der Waals surface area contributed by atoms with Crippen LogP contribution in [-0.4, -0.2) is 25.5 Å². The number of aromatic nitrogens is 2. The summed E-state index contributed by atoms with van der Waals surface area (Å²) in [5.74, 6) is -1.57. The van der Waals surface area contributed by atoms with E-state index in [4.69, 9.17) is 27.9 Å². The summed E-state index contributed by atoms with van der Waals surface area (Å²) in [4.78, 5) is 6.86. The van der Waals surface area contributed by atoms with Crippen molar-refractivity contribution in [1.29, 1.82) is 0 Å². The van der Waals surface area contributed by atoms with Gasteiger partial charge in [0.05, 0.1) is 17.2 Å². The van der Waals surface area contributed by atoms with E-state index in [1.165, 1.54) is 25.3 Å². The number of sulfonamides is 1. The average molecular weight is 431 g/mol. The van der Waals surface area contributed by atoms with E-state index in [9.17, 15) is 12.8 Å². The van der Waals surface area contributed by atoms with Crippen molar-refractivity contribution in [2.24, 2.45) is 0 Å². The summed E-state index contributed by atoms with van der Waals surface area (Å²) >= 11 is 14.5. The number of nitrogens with one attached hydrogen (secondary N) is 1. The summed E-state index contributed by atoms with van der Waals surface area (Å²) in [5.41, 5.74) is 0. The highest BCUT2D eigenvalue weighted by Gasteiger charge is 2.23. The van der Waals surface area contributed by atoms with Crippen molar-refractivity contribution in [2.75, 3.05) is 11.8 Å². The third kappa shape index (κ3) is 3.43. The summed E-state index contributed by atoms with van der Waals surface area (Å²) < 4.78 is 44.7. The number of hydrogen-bond acceptors (Lipinski definition) is 5. The van der Waals surface area contributed by atoms with Crippen LogP contribution in [0.25, 0.3) is 0 Å². The molecule has 0 aliphatic rings. The van der Waals surface area contributed by atoms with Crippen molar-refractivity contribution in [3.63, 3.8) is 0 Å². The first kappa shape index (κ1) is 17.2. The van der Waals surface area contributed by atoms with Gasteiger partial charge in [-0.3, -0.25) is 4.72 Å². The molecule has 0 aliphatic heterocycles. The van der Waals surface area contributed by atoms with Crippen molar-refractivity contribution in [3.05, 3.63) is 38.8 Å². The molecule has 6 nitrogen and oxygen atoms in total. The van der Waals surface area contributed by atoms with Crippen LogP contribution in [0.4, 0.5) is 10.2 Å². The maximum Gasteiger partial charge on any atom is 0.264 e. The molecule has 0 radical (unpaired) electrons. The van der Waals surface area contributed by atoms with Gasteiger partial charge in [-0.1, -0.05) is 29.3 Å². The largest absolute Gasteiger partial charge is 0.478 e. The van der Waals surface area contributed by atoms with Gasteiger partial charge in [-0.2, -0.15) is 9.37 Å². The van der Waals surface area contributed by atoms with Crippen LogP contribution < -0.4 is 9.46 Å². The van der Waals surface area contributed by atoms with Gasteiger partial charge in [0.1, 0.15) is 4.90 Å². The topological polar surface area (TPSA) is 81.2 Å². The molecule has 0 fully saturated rings. The van der Waals surface area contributed by atoms with Crippen molar-refractivity contribution in [2.45, 2.75) is 4.90 Å². The Morgan fingerprint density at radius 1 is 1.32 bits per heavy atom. The van der Waals surface area contributed by atoms with Gasteiger partial charge in [-0.15, -0.1) is 0 Å². The Hall–Kier alpha value is -1.16. The Labute approximate surface area is 143 Å². The van der Waals surface area contributed by atoms with E-state index >= 15 is 0 Å². The zero-order chi connectivity index (χ0) is 16.5. The molecule has 118 valence electrons. The van der Waals surface area contributed by atoms with Gasteiger partial charge in [-0.05, 0) is 28.1 Å². The lowest BCUT2D eigenvalue weighted by molar-refractivity contribution is 0.386. The van der Waals surface area contributed by atoms with Gasteiger partial charge in [-0.25, -0.2) is 13.4 Å². The van der Waals surface area contributed by atoms with Crippen LogP contribution in [0.2, 0.25) is 10.0 Å². The van der Waals surface area contributed by atoms with E-state index in [1.807, 2.05) is 0 Å². The molecule has 0 saturated carbocycles. The third-order valence-corrected chi connectivity index (χ3v) is 5.23. The first-order chi connectivity index (χ1) is 10.3. The fraction of sp³-hybridized carbons (Fsp3) is 0.0909. The molecule has 22 heavy (non-hydrogen) atoms. The maximum absolute atomic E-state index is 13.3. The monoisotopic (exact) mass is 429 g/mol. The molecule has 1 aromatic heterocycles.